The topological polar surface area (TPSA) is 61.5 Å². The monoisotopic (exact) mass is 314 g/mol. The summed E-state index contributed by atoms with van der Waals surface area (Å²) < 4.78 is 5.57. The molecule has 1 aromatic heterocycles. The van der Waals surface area contributed by atoms with Crippen LogP contribution in [-0.2, 0) is 4.79 Å². The van der Waals surface area contributed by atoms with E-state index in [1.165, 1.54) is 0 Å². The van der Waals surface area contributed by atoms with E-state index in [1.807, 2.05) is 41.4 Å². The summed E-state index contributed by atoms with van der Waals surface area (Å²) in [5, 5.41) is 0. The van der Waals surface area contributed by atoms with Gasteiger partial charge in [-0.25, -0.2) is 4.98 Å². The van der Waals surface area contributed by atoms with Crippen molar-refractivity contribution in [3.05, 3.63) is 48.5 Å². The van der Waals surface area contributed by atoms with Crippen molar-refractivity contribution in [1.29, 1.82) is 0 Å². The van der Waals surface area contributed by atoms with Gasteiger partial charge >= 0.3 is 0 Å². The number of para-hydroxylation sites is 1. The Bertz CT molecular complexity index is 615. The van der Waals surface area contributed by atoms with E-state index in [0.717, 1.165) is 31.2 Å². The summed E-state index contributed by atoms with van der Waals surface area (Å²) in [6, 6.07) is 9.54. The van der Waals surface area contributed by atoms with Crippen LogP contribution >= 0.6 is 0 Å². The fourth-order valence-corrected chi connectivity index (χ4v) is 2.90. The molecule has 2 aromatic rings. The highest BCUT2D eigenvalue weighted by Gasteiger charge is 2.31. The lowest BCUT2D eigenvalue weighted by Gasteiger charge is -2.40. The molecular weight excluding hydrogens is 292 g/mol. The van der Waals surface area contributed by atoms with Gasteiger partial charge < -0.3 is 14.6 Å². The second kappa shape index (κ2) is 7.28. The molecule has 6 heteroatoms. The van der Waals surface area contributed by atoms with E-state index < -0.39 is 0 Å². The van der Waals surface area contributed by atoms with Crippen LogP contribution in [0.1, 0.15) is 18.8 Å². The van der Waals surface area contributed by atoms with Gasteiger partial charge in [-0.15, -0.1) is 0 Å². The average Bonchev–Trinajstić information content (AvgIpc) is 3.14. The third kappa shape index (κ3) is 3.71. The molecule has 6 nitrogen and oxygen atoms in total. The van der Waals surface area contributed by atoms with Crippen LogP contribution in [0.25, 0.3) is 0 Å². The molecule has 0 saturated carbocycles. The van der Waals surface area contributed by atoms with E-state index >= 15 is 0 Å². The van der Waals surface area contributed by atoms with Crippen molar-refractivity contribution in [2.24, 2.45) is 0 Å². The summed E-state index contributed by atoms with van der Waals surface area (Å²) in [6.07, 6.45) is 3.57. The van der Waals surface area contributed by atoms with Crippen LogP contribution in [0.2, 0.25) is 0 Å². The third-order valence-corrected chi connectivity index (χ3v) is 4.19. The van der Waals surface area contributed by atoms with Crippen molar-refractivity contribution >= 4 is 5.91 Å². The van der Waals surface area contributed by atoms with E-state index in [2.05, 4.69) is 21.8 Å². The molecule has 1 aliphatic rings. The maximum atomic E-state index is 12.4. The van der Waals surface area contributed by atoms with E-state index in [9.17, 15) is 4.79 Å². The van der Waals surface area contributed by atoms with Gasteiger partial charge in [0.05, 0.1) is 6.04 Å². The molecule has 2 heterocycles. The minimum Gasteiger partial charge on any atom is -0.484 e. The predicted octanol–water partition coefficient (Wildman–Crippen LogP) is 1.69. The fourth-order valence-electron chi connectivity index (χ4n) is 2.90. The van der Waals surface area contributed by atoms with Crippen molar-refractivity contribution in [2.45, 2.75) is 13.0 Å². The molecule has 3 rings (SSSR count). The van der Waals surface area contributed by atoms with Crippen LogP contribution < -0.4 is 4.74 Å². The quantitative estimate of drug-likeness (QED) is 0.912. The number of benzene rings is 1. The second-order valence-electron chi connectivity index (χ2n) is 5.56. The molecule has 1 amide bonds. The molecule has 0 unspecified atom stereocenters. The molecule has 1 saturated heterocycles. The number of hydrogen-bond acceptors (Lipinski definition) is 4. The molecule has 23 heavy (non-hydrogen) atoms. The van der Waals surface area contributed by atoms with Gasteiger partial charge in [0.1, 0.15) is 11.6 Å². The van der Waals surface area contributed by atoms with Gasteiger partial charge in [0.2, 0.25) is 0 Å². The molecule has 0 bridgehead atoms. The van der Waals surface area contributed by atoms with Crippen molar-refractivity contribution in [2.75, 3.05) is 32.8 Å². The molecule has 0 aliphatic carbocycles. The number of rotatable bonds is 5. The Hall–Kier alpha value is -2.34. The first kappa shape index (κ1) is 15.6. The zero-order chi connectivity index (χ0) is 16.1. The number of amides is 1. The minimum absolute atomic E-state index is 0.0150. The first-order valence-electron chi connectivity index (χ1n) is 7.97. The van der Waals surface area contributed by atoms with Crippen molar-refractivity contribution in [3.8, 4) is 5.75 Å². The number of nitrogens with zero attached hydrogens (tertiary/aromatic N) is 3. The number of piperazine rings is 1. The summed E-state index contributed by atoms with van der Waals surface area (Å²) in [5.41, 5.74) is 0. The number of ether oxygens (including phenoxy) is 1. The fraction of sp³-hybridized carbons (Fsp3) is 0.412. The van der Waals surface area contributed by atoms with Crippen molar-refractivity contribution < 1.29 is 9.53 Å². The van der Waals surface area contributed by atoms with Gasteiger partial charge in [0, 0.05) is 32.0 Å². The Balaban J connectivity index is 1.60. The highest BCUT2D eigenvalue weighted by molar-refractivity contribution is 5.78. The summed E-state index contributed by atoms with van der Waals surface area (Å²) >= 11 is 0. The molecule has 0 radical (unpaired) electrons. The molecule has 1 aromatic carbocycles. The maximum Gasteiger partial charge on any atom is 0.260 e. The van der Waals surface area contributed by atoms with Crippen LogP contribution in [0.3, 0.4) is 0 Å². The number of imidazole rings is 1. The van der Waals surface area contributed by atoms with E-state index in [-0.39, 0.29) is 18.6 Å². The Kier molecular flexibility index (Phi) is 4.92. The standard InChI is InChI=1S/C17H22N4O2/c1-2-20-10-11-21(12-15(20)17-18-8-9-19-17)16(22)13-23-14-6-4-3-5-7-14/h3-9,15H,2,10-13H2,1H3,(H,18,19)/t15-/m0/s1. The minimum atomic E-state index is 0.0150. The van der Waals surface area contributed by atoms with Gasteiger partial charge in [-0.3, -0.25) is 9.69 Å². The van der Waals surface area contributed by atoms with Gasteiger partial charge in [-0.05, 0) is 18.7 Å². The first-order chi connectivity index (χ1) is 11.3. The number of aromatic amines is 1. The number of H-pyrrole nitrogens is 1. The van der Waals surface area contributed by atoms with Gasteiger partial charge in [-0.1, -0.05) is 25.1 Å². The highest BCUT2D eigenvalue weighted by atomic mass is 16.5. The molecule has 1 fully saturated rings. The SMILES string of the molecule is CCN1CCN(C(=O)COc2ccccc2)C[C@H]1c1ncc[nH]1. The first-order valence-corrected chi connectivity index (χ1v) is 7.97. The summed E-state index contributed by atoms with van der Waals surface area (Å²) in [5.74, 6) is 1.64. The molecule has 1 atom stereocenters. The van der Waals surface area contributed by atoms with Crippen molar-refractivity contribution in [3.63, 3.8) is 0 Å². The third-order valence-electron chi connectivity index (χ3n) is 4.19. The summed E-state index contributed by atoms with van der Waals surface area (Å²) in [6.45, 7) is 5.35. The lowest BCUT2D eigenvalue weighted by molar-refractivity contribution is -0.136. The lowest BCUT2D eigenvalue weighted by atomic mass is 10.1. The smallest absolute Gasteiger partial charge is 0.260 e. The summed E-state index contributed by atoms with van der Waals surface area (Å²) in [4.78, 5) is 24.2. The largest absolute Gasteiger partial charge is 0.484 e. The number of hydrogen-bond donors (Lipinski definition) is 1. The zero-order valence-corrected chi connectivity index (χ0v) is 13.3. The normalized spacial score (nSPS) is 18.8. The Morgan fingerprint density at radius 2 is 2.17 bits per heavy atom. The van der Waals surface area contributed by atoms with Crippen LogP contribution in [-0.4, -0.2) is 58.5 Å². The number of aromatic nitrogens is 2. The Morgan fingerprint density at radius 1 is 1.35 bits per heavy atom. The van der Waals surface area contributed by atoms with E-state index in [0.29, 0.717) is 6.54 Å². The van der Waals surface area contributed by atoms with Gasteiger partial charge in [0.15, 0.2) is 6.61 Å². The van der Waals surface area contributed by atoms with Gasteiger partial charge in [0.25, 0.3) is 5.91 Å². The van der Waals surface area contributed by atoms with Gasteiger partial charge in [-0.2, -0.15) is 0 Å². The van der Waals surface area contributed by atoms with E-state index in [1.54, 1.807) is 6.20 Å². The summed E-state index contributed by atoms with van der Waals surface area (Å²) in [7, 11) is 0. The van der Waals surface area contributed by atoms with Crippen LogP contribution in [0.5, 0.6) is 5.75 Å². The van der Waals surface area contributed by atoms with Crippen molar-refractivity contribution in [1.82, 2.24) is 19.8 Å². The Labute approximate surface area is 136 Å². The lowest BCUT2D eigenvalue weighted by Crippen LogP contribution is -2.51. The van der Waals surface area contributed by atoms with E-state index in [4.69, 9.17) is 4.74 Å². The maximum absolute atomic E-state index is 12.4. The molecular formula is C17H22N4O2. The molecule has 1 N–H and O–H groups in total. The highest BCUT2D eigenvalue weighted by Crippen LogP contribution is 2.22. The average molecular weight is 314 g/mol. The second-order valence-corrected chi connectivity index (χ2v) is 5.56. The number of nitrogens with one attached hydrogen (secondary N) is 1. The molecule has 0 spiro atoms. The number of carbonyl (C=O) groups is 1. The predicted molar refractivity (Wildman–Crippen MR) is 87.1 cm³/mol. The molecule has 1 aliphatic heterocycles. The molecule has 122 valence electrons. The van der Waals surface area contributed by atoms with Crippen LogP contribution in [0.4, 0.5) is 0 Å². The number of likely N-dealkylation sites (N-methyl/N-ethyl adjacent to an activating group) is 1. The van der Waals surface area contributed by atoms with Crippen LogP contribution in [0, 0.1) is 0 Å². The van der Waals surface area contributed by atoms with Crippen LogP contribution in [0.15, 0.2) is 42.7 Å². The number of carbonyl (C=O) groups excluding carboxylic acids is 1. The Morgan fingerprint density at radius 3 is 2.87 bits per heavy atom. The zero-order valence-electron chi connectivity index (χ0n) is 13.3.